The van der Waals surface area contributed by atoms with Gasteiger partial charge < -0.3 is 5.11 Å². The molecule has 0 spiro atoms. The number of alkyl halides is 3. The molecule has 1 N–H and O–H groups in total. The minimum Gasteiger partial charge on any atom is -0.507 e. The summed E-state index contributed by atoms with van der Waals surface area (Å²) >= 11 is 2.23. The van der Waals surface area contributed by atoms with Gasteiger partial charge in [0.05, 0.1) is 4.90 Å². The molecule has 0 bridgehead atoms. The van der Waals surface area contributed by atoms with Gasteiger partial charge in [-0.15, -0.1) is 0 Å². The number of thioether (sulfide) groups is 1. The predicted octanol–water partition coefficient (Wildman–Crippen LogP) is 3.91. The third-order valence-electron chi connectivity index (χ3n) is 1.21. The first-order valence-electron chi connectivity index (χ1n) is 3.23. The highest BCUT2D eigenvalue weighted by Gasteiger charge is 2.32. The lowest BCUT2D eigenvalue weighted by Gasteiger charge is -2.09. The van der Waals surface area contributed by atoms with Crippen LogP contribution in [0.25, 0.3) is 0 Å². The van der Waals surface area contributed by atoms with Gasteiger partial charge in [0.2, 0.25) is 0 Å². The average molecular weight is 291 g/mol. The lowest BCUT2D eigenvalue weighted by atomic mass is 10.3. The van der Waals surface area contributed by atoms with Crippen molar-refractivity contribution in [2.75, 3.05) is 0 Å². The van der Waals surface area contributed by atoms with E-state index >= 15 is 0 Å². The summed E-state index contributed by atoms with van der Waals surface area (Å²) in [7, 11) is 0. The maximum absolute atomic E-state index is 12.6. The van der Waals surface area contributed by atoms with Crippen LogP contribution in [-0.2, 0) is 0 Å². The maximum Gasteiger partial charge on any atom is 0.446 e. The molecule has 0 amide bonds. The SMILES string of the molecule is Oc1cc(F)cc(Br)c1SC(F)(F)F. The van der Waals surface area contributed by atoms with E-state index in [9.17, 15) is 17.6 Å². The molecule has 0 aliphatic carbocycles. The summed E-state index contributed by atoms with van der Waals surface area (Å²) in [5.74, 6) is -1.54. The molecule has 0 unspecified atom stereocenters. The fraction of sp³-hybridized carbons (Fsp3) is 0.143. The van der Waals surface area contributed by atoms with Crippen molar-refractivity contribution < 1.29 is 22.7 Å². The Kier molecular flexibility index (Phi) is 3.31. The van der Waals surface area contributed by atoms with Gasteiger partial charge in [0.1, 0.15) is 11.6 Å². The van der Waals surface area contributed by atoms with Gasteiger partial charge in [-0.05, 0) is 33.8 Å². The Morgan fingerprint density at radius 3 is 2.29 bits per heavy atom. The molecule has 0 atom stereocenters. The summed E-state index contributed by atoms with van der Waals surface area (Å²) < 4.78 is 48.3. The largest absolute Gasteiger partial charge is 0.507 e. The molecule has 1 aromatic rings. The molecule has 0 aliphatic rings. The molecule has 7 heteroatoms. The fourth-order valence-electron chi connectivity index (χ4n) is 0.764. The van der Waals surface area contributed by atoms with Gasteiger partial charge in [0, 0.05) is 10.5 Å². The van der Waals surface area contributed by atoms with E-state index in [4.69, 9.17) is 5.11 Å². The van der Waals surface area contributed by atoms with Gasteiger partial charge in [-0.1, -0.05) is 0 Å². The molecular formula is C7H3BrF4OS. The molecule has 0 aliphatic heterocycles. The topological polar surface area (TPSA) is 20.2 Å². The lowest BCUT2D eigenvalue weighted by Crippen LogP contribution is -1.99. The van der Waals surface area contributed by atoms with Crippen LogP contribution in [-0.4, -0.2) is 10.6 Å². The molecule has 1 rings (SSSR count). The molecule has 1 nitrogen and oxygen atoms in total. The molecule has 0 aromatic heterocycles. The van der Waals surface area contributed by atoms with Crippen molar-refractivity contribution in [1.82, 2.24) is 0 Å². The third kappa shape index (κ3) is 3.06. The Bertz CT molecular complexity index is 329. The second kappa shape index (κ2) is 3.98. The standard InChI is InChI=1S/C7H3BrF4OS/c8-4-1-3(9)2-5(13)6(4)14-7(10,11)12/h1-2,13H. The molecule has 0 saturated heterocycles. The Morgan fingerprint density at radius 1 is 1.29 bits per heavy atom. The smallest absolute Gasteiger partial charge is 0.446 e. The van der Waals surface area contributed by atoms with Crippen molar-refractivity contribution >= 4 is 27.7 Å². The van der Waals surface area contributed by atoms with E-state index in [1.165, 1.54) is 0 Å². The zero-order chi connectivity index (χ0) is 10.9. The number of halogens is 5. The highest BCUT2D eigenvalue weighted by atomic mass is 79.9. The van der Waals surface area contributed by atoms with E-state index in [2.05, 4.69) is 15.9 Å². The maximum atomic E-state index is 12.6. The van der Waals surface area contributed by atoms with Crippen LogP contribution >= 0.6 is 27.7 Å². The van der Waals surface area contributed by atoms with Crippen LogP contribution < -0.4 is 0 Å². The van der Waals surface area contributed by atoms with Gasteiger partial charge in [0.15, 0.2) is 0 Å². The third-order valence-corrected chi connectivity index (χ3v) is 2.96. The Hall–Kier alpha value is -0.430. The minimum absolute atomic E-state index is 0.127. The number of hydrogen-bond donors (Lipinski definition) is 1. The van der Waals surface area contributed by atoms with Gasteiger partial charge >= 0.3 is 5.51 Å². The van der Waals surface area contributed by atoms with Crippen LogP contribution in [0, 0.1) is 5.82 Å². The first-order chi connectivity index (χ1) is 6.29. The average Bonchev–Trinajstić information content (AvgIpc) is 1.95. The zero-order valence-electron chi connectivity index (χ0n) is 6.40. The Morgan fingerprint density at radius 2 is 1.86 bits per heavy atom. The second-order valence-electron chi connectivity index (χ2n) is 2.28. The van der Waals surface area contributed by atoms with E-state index in [1.54, 1.807) is 0 Å². The van der Waals surface area contributed by atoms with Gasteiger partial charge in [-0.25, -0.2) is 4.39 Å². The number of hydrogen-bond acceptors (Lipinski definition) is 2. The highest BCUT2D eigenvalue weighted by molar-refractivity contribution is 9.10. The fourth-order valence-corrected chi connectivity index (χ4v) is 1.98. The van der Waals surface area contributed by atoms with Gasteiger partial charge in [-0.2, -0.15) is 13.2 Å². The summed E-state index contributed by atoms with van der Waals surface area (Å²) in [6.45, 7) is 0. The number of rotatable bonds is 1. The lowest BCUT2D eigenvalue weighted by molar-refractivity contribution is -0.0329. The normalized spacial score (nSPS) is 11.8. The Balaban J connectivity index is 3.09. The predicted molar refractivity (Wildman–Crippen MR) is 47.7 cm³/mol. The van der Waals surface area contributed by atoms with Crippen LogP contribution in [0.5, 0.6) is 5.75 Å². The van der Waals surface area contributed by atoms with Crippen molar-refractivity contribution in [3.8, 4) is 5.75 Å². The molecule has 78 valence electrons. The molecule has 0 saturated carbocycles. The van der Waals surface area contributed by atoms with Crippen LogP contribution in [0.3, 0.4) is 0 Å². The van der Waals surface area contributed by atoms with Crippen LogP contribution in [0.2, 0.25) is 0 Å². The van der Waals surface area contributed by atoms with Crippen molar-refractivity contribution in [2.24, 2.45) is 0 Å². The van der Waals surface area contributed by atoms with E-state index < -0.39 is 33.7 Å². The summed E-state index contributed by atoms with van der Waals surface area (Å²) in [6.07, 6.45) is 0. The minimum atomic E-state index is -4.52. The van der Waals surface area contributed by atoms with Crippen molar-refractivity contribution in [3.05, 3.63) is 22.4 Å². The molecule has 0 heterocycles. The van der Waals surface area contributed by atoms with Gasteiger partial charge in [0.25, 0.3) is 0 Å². The first-order valence-corrected chi connectivity index (χ1v) is 4.84. The van der Waals surface area contributed by atoms with Crippen molar-refractivity contribution in [3.63, 3.8) is 0 Å². The first kappa shape index (κ1) is 11.6. The number of benzene rings is 1. The molecular weight excluding hydrogens is 288 g/mol. The van der Waals surface area contributed by atoms with Crippen molar-refractivity contribution in [1.29, 1.82) is 0 Å². The monoisotopic (exact) mass is 290 g/mol. The zero-order valence-corrected chi connectivity index (χ0v) is 8.80. The number of aromatic hydroxyl groups is 1. The Labute approximate surface area is 89.2 Å². The van der Waals surface area contributed by atoms with E-state index in [-0.39, 0.29) is 4.47 Å². The number of phenolic OH excluding ortho intramolecular Hbond substituents is 1. The van der Waals surface area contributed by atoms with E-state index in [0.29, 0.717) is 6.07 Å². The molecule has 0 radical (unpaired) electrons. The summed E-state index contributed by atoms with van der Waals surface area (Å²) in [5.41, 5.74) is -4.52. The van der Waals surface area contributed by atoms with Crippen LogP contribution in [0.1, 0.15) is 0 Å². The van der Waals surface area contributed by atoms with Gasteiger partial charge in [-0.3, -0.25) is 0 Å². The quantitative estimate of drug-likeness (QED) is 0.625. The summed E-state index contributed by atoms with van der Waals surface area (Å²) in [4.78, 5) is -0.445. The van der Waals surface area contributed by atoms with Crippen LogP contribution in [0.15, 0.2) is 21.5 Å². The second-order valence-corrected chi connectivity index (χ2v) is 4.21. The van der Waals surface area contributed by atoms with E-state index in [1.807, 2.05) is 0 Å². The molecule has 1 aromatic carbocycles. The van der Waals surface area contributed by atoms with E-state index in [0.717, 1.165) is 6.07 Å². The number of phenols is 1. The summed E-state index contributed by atoms with van der Waals surface area (Å²) in [5, 5.41) is 9.04. The van der Waals surface area contributed by atoms with Crippen molar-refractivity contribution in [2.45, 2.75) is 10.4 Å². The summed E-state index contributed by atoms with van der Waals surface area (Å²) in [6, 6.07) is 1.48. The van der Waals surface area contributed by atoms with Crippen LogP contribution in [0.4, 0.5) is 17.6 Å². The highest BCUT2D eigenvalue weighted by Crippen LogP contribution is 2.44. The molecule has 0 fully saturated rings. The molecule has 14 heavy (non-hydrogen) atoms.